The zero-order chi connectivity index (χ0) is 10.9. The van der Waals surface area contributed by atoms with E-state index in [0.29, 0.717) is 5.88 Å². The second-order valence-corrected chi connectivity index (χ2v) is 7.20. The van der Waals surface area contributed by atoms with E-state index in [1.54, 1.807) is 34.7 Å². The summed E-state index contributed by atoms with van der Waals surface area (Å²) in [5.41, 5.74) is 0. The number of rotatable bonds is 3. The third kappa shape index (κ3) is 2.82. The molecule has 0 fully saturated rings. The number of sulfonamides is 1. The summed E-state index contributed by atoms with van der Waals surface area (Å²) in [5, 5.41) is 0. The molecule has 0 aliphatic heterocycles. The van der Waals surface area contributed by atoms with Gasteiger partial charge in [-0.15, -0.1) is 11.6 Å². The van der Waals surface area contributed by atoms with Gasteiger partial charge in [0.05, 0.1) is 4.75 Å². The lowest BCUT2D eigenvalue weighted by Crippen LogP contribution is -2.45. The number of halogens is 1. The summed E-state index contributed by atoms with van der Waals surface area (Å²) in [6, 6.07) is -0.161. The molecule has 80 valence electrons. The van der Waals surface area contributed by atoms with Crippen molar-refractivity contribution in [3.63, 3.8) is 0 Å². The molecule has 0 rings (SSSR count). The van der Waals surface area contributed by atoms with Gasteiger partial charge in [0.15, 0.2) is 0 Å². The van der Waals surface area contributed by atoms with Crippen molar-refractivity contribution in [3.8, 4) is 0 Å². The van der Waals surface area contributed by atoms with Crippen molar-refractivity contribution >= 4 is 21.6 Å². The molecule has 0 aromatic carbocycles. The fourth-order valence-corrected chi connectivity index (χ4v) is 2.47. The predicted octanol–water partition coefficient (Wildman–Crippen LogP) is 1.67. The van der Waals surface area contributed by atoms with Crippen LogP contribution in [0.5, 0.6) is 0 Å². The molecule has 3 nitrogen and oxygen atoms in total. The van der Waals surface area contributed by atoms with E-state index in [9.17, 15) is 8.42 Å². The fourth-order valence-electron chi connectivity index (χ4n) is 0.766. The van der Waals surface area contributed by atoms with Gasteiger partial charge in [0, 0.05) is 19.0 Å². The molecule has 0 N–H and O–H groups in total. The molecule has 1 unspecified atom stereocenters. The first kappa shape index (κ1) is 13.2. The summed E-state index contributed by atoms with van der Waals surface area (Å²) >= 11 is 5.60. The van der Waals surface area contributed by atoms with Gasteiger partial charge >= 0.3 is 0 Å². The molecule has 1 atom stereocenters. The van der Waals surface area contributed by atoms with Crippen LogP contribution in [0.2, 0.25) is 0 Å². The smallest absolute Gasteiger partial charge is 0.212 e. The van der Waals surface area contributed by atoms with Gasteiger partial charge in [-0.1, -0.05) is 0 Å². The molecule has 0 radical (unpaired) electrons. The van der Waals surface area contributed by atoms with E-state index in [4.69, 9.17) is 11.6 Å². The molecule has 0 aromatic heterocycles. The van der Waals surface area contributed by atoms with Gasteiger partial charge < -0.3 is 0 Å². The average Bonchev–Trinajstić information content (AvgIpc) is 1.99. The van der Waals surface area contributed by atoms with E-state index < -0.39 is 14.8 Å². The quantitative estimate of drug-likeness (QED) is 0.688. The minimum absolute atomic E-state index is 0.161. The van der Waals surface area contributed by atoms with Crippen LogP contribution >= 0.6 is 11.6 Å². The monoisotopic (exact) mass is 227 g/mol. The Hall–Kier alpha value is 0.200. The van der Waals surface area contributed by atoms with Gasteiger partial charge in [0.2, 0.25) is 10.0 Å². The Morgan fingerprint density at radius 2 is 1.77 bits per heavy atom. The summed E-state index contributed by atoms with van der Waals surface area (Å²) in [4.78, 5) is 0. The van der Waals surface area contributed by atoms with E-state index in [1.807, 2.05) is 0 Å². The summed E-state index contributed by atoms with van der Waals surface area (Å²) in [6.07, 6.45) is 0. The number of hydrogen-bond acceptors (Lipinski definition) is 2. The maximum Gasteiger partial charge on any atom is 0.219 e. The Labute approximate surface area is 86.1 Å². The van der Waals surface area contributed by atoms with Gasteiger partial charge in [0.1, 0.15) is 0 Å². The molecule has 5 heteroatoms. The lowest BCUT2D eigenvalue weighted by molar-refractivity contribution is 0.396. The molecular formula is C8H18ClNO2S. The second kappa shape index (κ2) is 4.15. The van der Waals surface area contributed by atoms with Gasteiger partial charge in [-0.05, 0) is 27.7 Å². The Morgan fingerprint density at radius 3 is 2.00 bits per heavy atom. The van der Waals surface area contributed by atoms with E-state index >= 15 is 0 Å². The van der Waals surface area contributed by atoms with Crippen molar-refractivity contribution in [3.05, 3.63) is 0 Å². The van der Waals surface area contributed by atoms with Crippen LogP contribution in [0.25, 0.3) is 0 Å². The first-order chi connectivity index (χ1) is 5.64. The fraction of sp³-hybridized carbons (Fsp3) is 1.00. The maximum atomic E-state index is 11.8. The van der Waals surface area contributed by atoms with E-state index in [2.05, 4.69) is 0 Å². The first-order valence-corrected chi connectivity index (χ1v) is 6.15. The van der Waals surface area contributed by atoms with Gasteiger partial charge in [-0.3, -0.25) is 0 Å². The van der Waals surface area contributed by atoms with Gasteiger partial charge in [0.25, 0.3) is 0 Å². The molecule has 13 heavy (non-hydrogen) atoms. The normalized spacial score (nSPS) is 16.2. The van der Waals surface area contributed by atoms with E-state index in [0.717, 1.165) is 0 Å². The number of alkyl halides is 1. The van der Waals surface area contributed by atoms with Crippen LogP contribution in [0.3, 0.4) is 0 Å². The Kier molecular flexibility index (Phi) is 4.22. The Morgan fingerprint density at radius 1 is 1.38 bits per heavy atom. The zero-order valence-electron chi connectivity index (χ0n) is 8.83. The van der Waals surface area contributed by atoms with E-state index in [1.165, 1.54) is 4.31 Å². The van der Waals surface area contributed by atoms with Crippen molar-refractivity contribution < 1.29 is 8.42 Å². The van der Waals surface area contributed by atoms with Gasteiger partial charge in [-0.25, -0.2) is 12.7 Å². The van der Waals surface area contributed by atoms with Crippen LogP contribution in [-0.4, -0.2) is 36.4 Å². The average molecular weight is 228 g/mol. The summed E-state index contributed by atoms with van der Waals surface area (Å²) < 4.78 is 24.2. The molecule has 0 saturated heterocycles. The highest BCUT2D eigenvalue weighted by Crippen LogP contribution is 2.20. The highest BCUT2D eigenvalue weighted by atomic mass is 35.5. The molecular weight excluding hydrogens is 210 g/mol. The molecule has 0 spiro atoms. The predicted molar refractivity (Wildman–Crippen MR) is 56.6 cm³/mol. The van der Waals surface area contributed by atoms with Crippen LogP contribution in [0.4, 0.5) is 0 Å². The van der Waals surface area contributed by atoms with Gasteiger partial charge in [-0.2, -0.15) is 0 Å². The molecule has 0 heterocycles. The van der Waals surface area contributed by atoms with Crippen LogP contribution in [-0.2, 0) is 10.0 Å². The van der Waals surface area contributed by atoms with Crippen molar-refractivity contribution in [2.45, 2.75) is 38.5 Å². The molecule has 0 aliphatic rings. The molecule has 0 aliphatic carbocycles. The third-order valence-corrected chi connectivity index (χ3v) is 5.11. The molecule has 0 bridgehead atoms. The van der Waals surface area contributed by atoms with Crippen LogP contribution in [0.15, 0.2) is 0 Å². The molecule has 0 saturated carbocycles. The third-order valence-electron chi connectivity index (χ3n) is 2.00. The molecule has 0 amide bonds. The lowest BCUT2D eigenvalue weighted by atomic mass is 10.3. The van der Waals surface area contributed by atoms with Crippen molar-refractivity contribution in [1.29, 1.82) is 0 Å². The van der Waals surface area contributed by atoms with Crippen molar-refractivity contribution in [2.75, 3.05) is 12.9 Å². The lowest BCUT2D eigenvalue weighted by Gasteiger charge is -2.30. The van der Waals surface area contributed by atoms with Crippen molar-refractivity contribution in [1.82, 2.24) is 4.31 Å². The first-order valence-electron chi connectivity index (χ1n) is 4.18. The van der Waals surface area contributed by atoms with E-state index in [-0.39, 0.29) is 6.04 Å². The zero-order valence-corrected chi connectivity index (χ0v) is 10.4. The second-order valence-electron chi connectivity index (χ2n) is 4.14. The summed E-state index contributed by atoms with van der Waals surface area (Å²) in [6.45, 7) is 6.83. The summed E-state index contributed by atoms with van der Waals surface area (Å²) in [5.74, 6) is 0.311. The SMILES string of the molecule is CC(CCl)N(C)S(=O)(=O)C(C)(C)C. The number of nitrogens with zero attached hydrogens (tertiary/aromatic N) is 1. The van der Waals surface area contributed by atoms with Crippen LogP contribution < -0.4 is 0 Å². The van der Waals surface area contributed by atoms with Crippen LogP contribution in [0, 0.1) is 0 Å². The van der Waals surface area contributed by atoms with Crippen molar-refractivity contribution in [2.24, 2.45) is 0 Å². The minimum Gasteiger partial charge on any atom is -0.212 e. The molecule has 0 aromatic rings. The maximum absolute atomic E-state index is 11.8. The Balaban J connectivity index is 4.87. The highest BCUT2D eigenvalue weighted by Gasteiger charge is 2.34. The van der Waals surface area contributed by atoms with Crippen LogP contribution in [0.1, 0.15) is 27.7 Å². The summed E-state index contributed by atoms with van der Waals surface area (Å²) in [7, 11) is -1.68. The number of hydrogen-bond donors (Lipinski definition) is 0. The minimum atomic E-state index is -3.24. The standard InChI is InChI=1S/C8H18ClNO2S/c1-7(6-9)10(5)13(11,12)8(2,3)4/h7H,6H2,1-5H3. The topological polar surface area (TPSA) is 37.4 Å². The largest absolute Gasteiger partial charge is 0.219 e. The Bertz CT molecular complexity index is 256. The highest BCUT2D eigenvalue weighted by molar-refractivity contribution is 7.90.